The van der Waals surface area contributed by atoms with Gasteiger partial charge in [0.2, 0.25) is 11.8 Å². The number of nitrogens with one attached hydrogen (secondary N) is 1. The maximum absolute atomic E-state index is 11.8. The summed E-state index contributed by atoms with van der Waals surface area (Å²) in [4.78, 5) is 29.1. The number of hydrogen-bond donors (Lipinski definition) is 1. The predicted octanol–water partition coefficient (Wildman–Crippen LogP) is 1.57. The molecule has 0 aliphatic carbocycles. The summed E-state index contributed by atoms with van der Waals surface area (Å²) in [5, 5.41) is 2.64. The van der Waals surface area contributed by atoms with Gasteiger partial charge >= 0.3 is 0 Å². The largest absolute Gasteiger partial charge is 0.446 e. The molecule has 0 radical (unpaired) electrons. The molecule has 0 aliphatic rings. The molecule has 19 heavy (non-hydrogen) atoms. The molecule has 0 unspecified atom stereocenters. The lowest BCUT2D eigenvalue weighted by Crippen LogP contribution is -2.30. The average molecular weight is 267 g/mol. The second-order valence-electron chi connectivity index (χ2n) is 4.14. The normalized spacial score (nSPS) is 10.3. The summed E-state index contributed by atoms with van der Waals surface area (Å²) in [7, 11) is 0. The first-order valence-electron chi connectivity index (χ1n) is 6.62. The number of rotatable bonds is 7. The van der Waals surface area contributed by atoms with Crippen LogP contribution in [0.4, 0.5) is 0 Å². The molecule has 0 bridgehead atoms. The van der Waals surface area contributed by atoms with Crippen LogP contribution >= 0.6 is 0 Å². The molecule has 1 N–H and O–H groups in total. The number of oxazole rings is 1. The summed E-state index contributed by atoms with van der Waals surface area (Å²) in [5.41, 5.74) is 0.246. The summed E-state index contributed by atoms with van der Waals surface area (Å²) in [6.07, 6.45) is 2.64. The molecule has 1 heterocycles. The van der Waals surface area contributed by atoms with Crippen molar-refractivity contribution in [1.82, 2.24) is 15.2 Å². The smallest absolute Gasteiger partial charge is 0.273 e. The van der Waals surface area contributed by atoms with Crippen molar-refractivity contribution < 1.29 is 14.0 Å². The van der Waals surface area contributed by atoms with Gasteiger partial charge in [0, 0.05) is 19.5 Å². The van der Waals surface area contributed by atoms with Crippen LogP contribution in [0.25, 0.3) is 0 Å². The van der Waals surface area contributed by atoms with Crippen LogP contribution in [-0.4, -0.2) is 34.8 Å². The van der Waals surface area contributed by atoms with Crippen molar-refractivity contribution in [2.75, 3.05) is 13.1 Å². The molecular weight excluding hydrogens is 246 g/mol. The Labute approximate surface area is 113 Å². The van der Waals surface area contributed by atoms with Crippen molar-refractivity contribution in [3.8, 4) is 0 Å². The maximum atomic E-state index is 11.8. The van der Waals surface area contributed by atoms with Crippen molar-refractivity contribution in [2.45, 2.75) is 40.2 Å². The molecule has 6 nitrogen and oxygen atoms in total. The Hall–Kier alpha value is -1.85. The molecule has 2 amide bonds. The van der Waals surface area contributed by atoms with Crippen molar-refractivity contribution in [2.24, 2.45) is 0 Å². The molecule has 0 atom stereocenters. The van der Waals surface area contributed by atoms with E-state index < -0.39 is 0 Å². The molecule has 6 heteroatoms. The van der Waals surface area contributed by atoms with Crippen molar-refractivity contribution in [1.29, 1.82) is 0 Å². The Morgan fingerprint density at radius 3 is 2.68 bits per heavy atom. The molecule has 1 aromatic rings. The average Bonchev–Trinajstić information content (AvgIpc) is 2.85. The van der Waals surface area contributed by atoms with E-state index in [2.05, 4.69) is 10.3 Å². The minimum Gasteiger partial charge on any atom is -0.446 e. The predicted molar refractivity (Wildman–Crippen MR) is 70.5 cm³/mol. The number of aromatic nitrogens is 1. The Morgan fingerprint density at radius 2 is 2.11 bits per heavy atom. The van der Waals surface area contributed by atoms with E-state index in [-0.39, 0.29) is 17.5 Å². The minimum absolute atomic E-state index is 0.0720. The molecule has 0 aliphatic heterocycles. The molecule has 1 aromatic heterocycles. The Balaban J connectivity index is 2.66. The van der Waals surface area contributed by atoms with E-state index in [4.69, 9.17) is 4.42 Å². The van der Waals surface area contributed by atoms with Crippen LogP contribution in [0.2, 0.25) is 0 Å². The Morgan fingerprint density at radius 1 is 1.37 bits per heavy atom. The van der Waals surface area contributed by atoms with Crippen molar-refractivity contribution in [3.05, 3.63) is 17.8 Å². The van der Waals surface area contributed by atoms with Crippen molar-refractivity contribution >= 4 is 11.8 Å². The lowest BCUT2D eigenvalue weighted by molar-refractivity contribution is -0.131. The molecule has 0 saturated carbocycles. The van der Waals surface area contributed by atoms with E-state index in [1.54, 1.807) is 4.90 Å². The van der Waals surface area contributed by atoms with Gasteiger partial charge in [-0.15, -0.1) is 0 Å². The van der Waals surface area contributed by atoms with Gasteiger partial charge in [0.15, 0.2) is 5.69 Å². The Bertz CT molecular complexity index is 429. The number of hydrogen-bond acceptors (Lipinski definition) is 4. The first-order valence-corrected chi connectivity index (χ1v) is 6.62. The van der Waals surface area contributed by atoms with Crippen LogP contribution in [0.15, 0.2) is 10.7 Å². The number of carbonyl (C=O) groups excluding carboxylic acids is 2. The number of nitrogens with zero attached hydrogens (tertiary/aromatic N) is 2. The minimum atomic E-state index is -0.263. The summed E-state index contributed by atoms with van der Waals surface area (Å²) < 4.78 is 5.23. The standard InChI is InChI=1S/C13H21N3O3/c1-4-7-12(17)16(6-3)8-11-15-10(9-19-11)13(18)14-5-2/h9H,4-8H2,1-3H3,(H,14,18). The second kappa shape index (κ2) is 7.56. The fourth-order valence-electron chi connectivity index (χ4n) is 1.65. The Kier molecular flexibility index (Phi) is 6.05. The van der Waals surface area contributed by atoms with Crippen LogP contribution in [0.1, 0.15) is 50.0 Å². The van der Waals surface area contributed by atoms with Gasteiger partial charge in [-0.25, -0.2) is 4.98 Å². The summed E-state index contributed by atoms with van der Waals surface area (Å²) >= 11 is 0. The third-order valence-corrected chi connectivity index (χ3v) is 2.65. The monoisotopic (exact) mass is 267 g/mol. The quantitative estimate of drug-likeness (QED) is 0.813. The zero-order chi connectivity index (χ0) is 14.3. The van der Waals surface area contributed by atoms with Gasteiger partial charge in [-0.1, -0.05) is 6.92 Å². The van der Waals surface area contributed by atoms with Crippen molar-refractivity contribution in [3.63, 3.8) is 0 Å². The molecule has 0 saturated heterocycles. The zero-order valence-electron chi connectivity index (χ0n) is 11.7. The van der Waals surface area contributed by atoms with Crippen LogP contribution in [-0.2, 0) is 11.3 Å². The maximum Gasteiger partial charge on any atom is 0.273 e. The molecule has 0 spiro atoms. The van der Waals surface area contributed by atoms with E-state index in [0.717, 1.165) is 6.42 Å². The molecule has 106 valence electrons. The fraction of sp³-hybridized carbons (Fsp3) is 0.615. The summed E-state index contributed by atoms with van der Waals surface area (Å²) in [6.45, 7) is 7.13. The van der Waals surface area contributed by atoms with Gasteiger partial charge in [0.1, 0.15) is 6.26 Å². The topological polar surface area (TPSA) is 75.4 Å². The SMILES string of the molecule is CCCC(=O)N(CC)Cc1nc(C(=O)NCC)co1. The van der Waals surface area contributed by atoms with Crippen LogP contribution in [0, 0.1) is 0 Å². The third kappa shape index (κ3) is 4.39. The highest BCUT2D eigenvalue weighted by Crippen LogP contribution is 2.08. The number of amides is 2. The van der Waals surface area contributed by atoms with E-state index >= 15 is 0 Å². The van der Waals surface area contributed by atoms with Gasteiger partial charge in [-0.3, -0.25) is 9.59 Å². The lowest BCUT2D eigenvalue weighted by Gasteiger charge is -2.18. The van der Waals surface area contributed by atoms with Gasteiger partial charge in [-0.05, 0) is 20.3 Å². The van der Waals surface area contributed by atoms with Gasteiger partial charge in [-0.2, -0.15) is 0 Å². The van der Waals surface area contributed by atoms with Gasteiger partial charge in [0.05, 0.1) is 6.54 Å². The van der Waals surface area contributed by atoms with Gasteiger partial charge < -0.3 is 14.6 Å². The van der Waals surface area contributed by atoms with Gasteiger partial charge in [0.25, 0.3) is 5.91 Å². The first-order chi connectivity index (χ1) is 9.12. The summed E-state index contributed by atoms with van der Waals surface area (Å²) in [6, 6.07) is 0. The lowest BCUT2D eigenvalue weighted by atomic mass is 10.3. The molecule has 1 rings (SSSR count). The summed E-state index contributed by atoms with van der Waals surface area (Å²) in [5.74, 6) is 0.191. The fourth-order valence-corrected chi connectivity index (χ4v) is 1.65. The van der Waals surface area contributed by atoms with E-state index in [1.165, 1.54) is 6.26 Å². The first kappa shape index (κ1) is 15.2. The molecule has 0 fully saturated rings. The third-order valence-electron chi connectivity index (χ3n) is 2.65. The molecular formula is C13H21N3O3. The zero-order valence-corrected chi connectivity index (χ0v) is 11.7. The van der Waals surface area contributed by atoms with Crippen LogP contribution < -0.4 is 5.32 Å². The highest BCUT2D eigenvalue weighted by Gasteiger charge is 2.16. The highest BCUT2D eigenvalue weighted by atomic mass is 16.3. The van der Waals surface area contributed by atoms with E-state index in [1.807, 2.05) is 20.8 Å². The molecule has 0 aromatic carbocycles. The van der Waals surface area contributed by atoms with E-state index in [9.17, 15) is 9.59 Å². The van der Waals surface area contributed by atoms with Crippen LogP contribution in [0.3, 0.4) is 0 Å². The second-order valence-corrected chi connectivity index (χ2v) is 4.14. The van der Waals surface area contributed by atoms with Crippen LogP contribution in [0.5, 0.6) is 0 Å². The number of carbonyl (C=O) groups is 2. The van der Waals surface area contributed by atoms with E-state index in [0.29, 0.717) is 31.9 Å². The highest BCUT2D eigenvalue weighted by molar-refractivity contribution is 5.91.